The van der Waals surface area contributed by atoms with E-state index < -0.39 is 0 Å². The fraction of sp³-hybridized carbons (Fsp3) is 0.250. The fourth-order valence-electron chi connectivity index (χ4n) is 1.71. The Kier molecular flexibility index (Phi) is 4.69. The number of nitrogen functional groups attached to an aromatic ring is 1. The van der Waals surface area contributed by atoms with Crippen LogP contribution in [0.2, 0.25) is 0 Å². The van der Waals surface area contributed by atoms with Gasteiger partial charge in [0, 0.05) is 19.3 Å². The molecule has 0 aliphatic rings. The van der Waals surface area contributed by atoms with Gasteiger partial charge in [0.15, 0.2) is 0 Å². The van der Waals surface area contributed by atoms with Crippen molar-refractivity contribution in [3.05, 3.63) is 38.3 Å². The van der Waals surface area contributed by atoms with Crippen LogP contribution in [0.5, 0.6) is 0 Å². The van der Waals surface area contributed by atoms with Gasteiger partial charge in [-0.3, -0.25) is 10.2 Å². The van der Waals surface area contributed by atoms with Gasteiger partial charge in [-0.2, -0.15) is 0 Å². The summed E-state index contributed by atoms with van der Waals surface area (Å²) >= 11 is 4.99. The van der Waals surface area contributed by atoms with E-state index in [1.807, 2.05) is 11.4 Å². The summed E-state index contributed by atoms with van der Waals surface area (Å²) < 4.78 is 1.04. The average Bonchev–Trinajstić information content (AvgIpc) is 2.82. The van der Waals surface area contributed by atoms with Gasteiger partial charge in [0.1, 0.15) is 5.69 Å². The lowest BCUT2D eigenvalue weighted by molar-refractivity contribution is 0.0779. The van der Waals surface area contributed by atoms with Gasteiger partial charge in [0.05, 0.1) is 3.79 Å². The molecule has 0 saturated carbocycles. The number of carbonyl (C=O) groups is 1. The largest absolute Gasteiger partial charge is 0.336 e. The Bertz CT molecular complexity index is 630. The highest BCUT2D eigenvalue weighted by molar-refractivity contribution is 9.11. The number of hydrazine groups is 1. The molecular weight excluding hydrogens is 342 g/mol. The van der Waals surface area contributed by atoms with Gasteiger partial charge in [-0.15, -0.1) is 11.3 Å². The lowest BCUT2D eigenvalue weighted by atomic mass is 10.2. The second-order valence-corrected chi connectivity index (χ2v) is 6.57. The van der Waals surface area contributed by atoms with Crippen LogP contribution in [0, 0.1) is 6.92 Å². The molecule has 0 aliphatic carbocycles. The second kappa shape index (κ2) is 6.29. The molecule has 2 heterocycles. The molecule has 0 radical (unpaired) electrons. The minimum absolute atomic E-state index is 0.172. The third kappa shape index (κ3) is 3.53. The SMILES string of the molecule is Cc1cc(C(=O)N(C)Cc2csc(Br)c2)nc(NN)n1. The molecule has 0 aromatic carbocycles. The van der Waals surface area contributed by atoms with Gasteiger partial charge in [-0.25, -0.2) is 15.8 Å². The van der Waals surface area contributed by atoms with E-state index >= 15 is 0 Å². The van der Waals surface area contributed by atoms with E-state index in [1.54, 1.807) is 36.3 Å². The molecule has 0 bridgehead atoms. The molecule has 1 amide bonds. The Morgan fingerprint density at radius 2 is 2.25 bits per heavy atom. The number of thiophene rings is 1. The van der Waals surface area contributed by atoms with E-state index in [2.05, 4.69) is 31.3 Å². The molecule has 0 atom stereocenters. The molecule has 0 unspecified atom stereocenters. The van der Waals surface area contributed by atoms with Crippen LogP contribution in [0.15, 0.2) is 21.3 Å². The summed E-state index contributed by atoms with van der Waals surface area (Å²) in [5.41, 5.74) is 4.43. The van der Waals surface area contributed by atoms with Crippen molar-refractivity contribution in [1.82, 2.24) is 14.9 Å². The Labute approximate surface area is 129 Å². The number of nitrogens with one attached hydrogen (secondary N) is 1. The van der Waals surface area contributed by atoms with Crippen molar-refractivity contribution in [2.24, 2.45) is 5.84 Å². The highest BCUT2D eigenvalue weighted by Gasteiger charge is 2.15. The molecule has 0 spiro atoms. The molecule has 106 valence electrons. The number of aryl methyl sites for hydroxylation is 1. The number of anilines is 1. The smallest absolute Gasteiger partial charge is 0.272 e. The summed E-state index contributed by atoms with van der Waals surface area (Å²) in [4.78, 5) is 22.1. The summed E-state index contributed by atoms with van der Waals surface area (Å²) in [5.74, 6) is 5.35. The van der Waals surface area contributed by atoms with E-state index in [0.29, 0.717) is 17.9 Å². The fourth-order valence-corrected chi connectivity index (χ4v) is 2.91. The van der Waals surface area contributed by atoms with Crippen LogP contribution >= 0.6 is 27.3 Å². The number of nitrogens with two attached hydrogens (primary N) is 1. The molecule has 2 aromatic heterocycles. The number of rotatable bonds is 4. The van der Waals surface area contributed by atoms with Gasteiger partial charge < -0.3 is 4.90 Å². The van der Waals surface area contributed by atoms with Crippen molar-refractivity contribution >= 4 is 39.1 Å². The highest BCUT2D eigenvalue weighted by atomic mass is 79.9. The first kappa shape index (κ1) is 14.9. The molecule has 8 heteroatoms. The summed E-state index contributed by atoms with van der Waals surface area (Å²) in [6.45, 7) is 2.31. The predicted molar refractivity (Wildman–Crippen MR) is 82.4 cm³/mol. The number of nitrogens with zero attached hydrogens (tertiary/aromatic N) is 3. The first-order valence-corrected chi connectivity index (χ1v) is 7.47. The summed E-state index contributed by atoms with van der Waals surface area (Å²) in [6, 6.07) is 3.63. The van der Waals surface area contributed by atoms with E-state index in [9.17, 15) is 4.79 Å². The van der Waals surface area contributed by atoms with Crippen LogP contribution in [0.1, 0.15) is 21.7 Å². The molecule has 3 N–H and O–H groups in total. The molecule has 20 heavy (non-hydrogen) atoms. The van der Waals surface area contributed by atoms with Crippen LogP contribution in [-0.4, -0.2) is 27.8 Å². The topological polar surface area (TPSA) is 84.1 Å². The number of aromatic nitrogens is 2. The maximum Gasteiger partial charge on any atom is 0.272 e. The first-order chi connectivity index (χ1) is 9.49. The van der Waals surface area contributed by atoms with Crippen LogP contribution in [0.25, 0.3) is 0 Å². The highest BCUT2D eigenvalue weighted by Crippen LogP contribution is 2.21. The van der Waals surface area contributed by atoms with Gasteiger partial charge in [0.25, 0.3) is 5.91 Å². The minimum Gasteiger partial charge on any atom is -0.336 e. The van der Waals surface area contributed by atoms with Gasteiger partial charge in [-0.1, -0.05) is 0 Å². The van der Waals surface area contributed by atoms with Crippen LogP contribution in [0.3, 0.4) is 0 Å². The Morgan fingerprint density at radius 1 is 1.50 bits per heavy atom. The summed E-state index contributed by atoms with van der Waals surface area (Å²) in [7, 11) is 1.74. The standard InChI is InChI=1S/C12H14BrN5OS/c1-7-3-9(16-12(15-7)17-14)11(19)18(2)5-8-4-10(13)20-6-8/h3-4,6H,5,14H2,1-2H3,(H,15,16,17). The normalized spacial score (nSPS) is 10.4. The number of carbonyl (C=O) groups excluding carboxylic acids is 1. The maximum atomic E-state index is 12.3. The molecule has 0 fully saturated rings. The molecule has 2 rings (SSSR count). The zero-order chi connectivity index (χ0) is 14.7. The Balaban J connectivity index is 2.15. The predicted octanol–water partition coefficient (Wildman–Crippen LogP) is 2.17. The quantitative estimate of drug-likeness (QED) is 0.648. The van der Waals surface area contributed by atoms with Crippen LogP contribution in [0.4, 0.5) is 5.95 Å². The van der Waals surface area contributed by atoms with Crippen LogP contribution in [-0.2, 0) is 6.54 Å². The third-order valence-corrected chi connectivity index (χ3v) is 4.14. The van der Waals surface area contributed by atoms with Crippen molar-refractivity contribution in [1.29, 1.82) is 0 Å². The lowest BCUT2D eigenvalue weighted by Crippen LogP contribution is -2.27. The van der Waals surface area contributed by atoms with E-state index in [1.165, 1.54) is 0 Å². The minimum atomic E-state index is -0.172. The number of amides is 1. The lowest BCUT2D eigenvalue weighted by Gasteiger charge is -2.16. The average molecular weight is 356 g/mol. The maximum absolute atomic E-state index is 12.3. The van der Waals surface area contributed by atoms with Gasteiger partial charge in [-0.05, 0) is 45.9 Å². The summed E-state index contributed by atoms with van der Waals surface area (Å²) in [5, 5.41) is 2.01. The van der Waals surface area contributed by atoms with Crippen molar-refractivity contribution < 1.29 is 4.79 Å². The zero-order valence-corrected chi connectivity index (χ0v) is 13.5. The van der Waals surface area contributed by atoms with Gasteiger partial charge >= 0.3 is 0 Å². The van der Waals surface area contributed by atoms with Crippen molar-refractivity contribution in [3.8, 4) is 0 Å². The number of hydrogen-bond donors (Lipinski definition) is 2. The molecule has 0 aliphatic heterocycles. The Morgan fingerprint density at radius 3 is 2.85 bits per heavy atom. The van der Waals surface area contributed by atoms with Crippen molar-refractivity contribution in [3.63, 3.8) is 0 Å². The number of hydrogen-bond acceptors (Lipinski definition) is 6. The zero-order valence-electron chi connectivity index (χ0n) is 11.1. The molecular formula is C12H14BrN5OS. The Hall–Kier alpha value is -1.51. The third-order valence-electron chi connectivity index (χ3n) is 2.59. The van der Waals surface area contributed by atoms with Crippen molar-refractivity contribution in [2.45, 2.75) is 13.5 Å². The van der Waals surface area contributed by atoms with E-state index in [0.717, 1.165) is 9.35 Å². The molecule has 6 nitrogen and oxygen atoms in total. The van der Waals surface area contributed by atoms with E-state index in [4.69, 9.17) is 5.84 Å². The molecule has 2 aromatic rings. The van der Waals surface area contributed by atoms with Gasteiger partial charge in [0.2, 0.25) is 5.95 Å². The first-order valence-electron chi connectivity index (χ1n) is 5.80. The monoisotopic (exact) mass is 355 g/mol. The van der Waals surface area contributed by atoms with Crippen molar-refractivity contribution in [2.75, 3.05) is 12.5 Å². The molecule has 0 saturated heterocycles. The van der Waals surface area contributed by atoms with Crippen LogP contribution < -0.4 is 11.3 Å². The van der Waals surface area contributed by atoms with E-state index in [-0.39, 0.29) is 11.9 Å². The summed E-state index contributed by atoms with van der Waals surface area (Å²) in [6.07, 6.45) is 0. The second-order valence-electron chi connectivity index (χ2n) is 4.28. The number of halogens is 1.